The lowest BCUT2D eigenvalue weighted by Gasteiger charge is -2.60. The quantitative estimate of drug-likeness (QED) is 0.205. The van der Waals surface area contributed by atoms with Crippen molar-refractivity contribution in [1.82, 2.24) is 0 Å². The fourth-order valence-electron chi connectivity index (χ4n) is 11.1. The Morgan fingerprint density at radius 1 is 0.950 bits per heavy atom. The highest BCUT2D eigenvalue weighted by Crippen LogP contribution is 2.81. The minimum absolute atomic E-state index is 0.0174. The molecular weight excluding hydrogens is 541 g/mol. The molecule has 0 heterocycles. The second-order valence-corrected chi connectivity index (χ2v) is 16.4. The van der Waals surface area contributed by atoms with Crippen molar-refractivity contribution < 1.29 is 35.7 Å². The number of halogens is 3. The molecule has 9 heteroatoms. The number of carboxylic acid groups (broad SMARTS) is 1. The molecule has 1 N–H and O–H groups in total. The number of carboxylic acids is 1. The Kier molecular flexibility index (Phi) is 6.74. The van der Waals surface area contributed by atoms with E-state index in [2.05, 4.69) is 52.3 Å². The first-order valence-corrected chi connectivity index (χ1v) is 16.3. The number of hydrogen-bond acceptors (Lipinski definition) is 4. The van der Waals surface area contributed by atoms with Gasteiger partial charge in [-0.05, 0) is 116 Å². The number of carbonyl (C=O) groups is 1. The van der Waals surface area contributed by atoms with Gasteiger partial charge < -0.3 is 9.29 Å². The first-order chi connectivity index (χ1) is 18.3. The van der Waals surface area contributed by atoms with Crippen LogP contribution < -0.4 is 0 Å². The van der Waals surface area contributed by atoms with Crippen molar-refractivity contribution in [3.63, 3.8) is 0 Å². The Balaban J connectivity index is 1.45. The summed E-state index contributed by atoms with van der Waals surface area (Å²) in [5.41, 5.74) is -6.27. The van der Waals surface area contributed by atoms with Crippen LogP contribution in [0.3, 0.4) is 0 Å². The van der Waals surface area contributed by atoms with Gasteiger partial charge in [-0.3, -0.25) is 4.79 Å². The molecule has 0 bridgehead atoms. The lowest BCUT2D eigenvalue weighted by molar-refractivity contribution is -0.177. The minimum Gasteiger partial charge on any atom is -0.481 e. The van der Waals surface area contributed by atoms with Gasteiger partial charge in [0.25, 0.3) is 0 Å². The van der Waals surface area contributed by atoms with Crippen molar-refractivity contribution >= 4 is 16.1 Å². The topological polar surface area (TPSA) is 80.7 Å². The third-order valence-corrected chi connectivity index (χ3v) is 14.8. The van der Waals surface area contributed by atoms with Gasteiger partial charge in [-0.25, -0.2) is 0 Å². The summed E-state index contributed by atoms with van der Waals surface area (Å²) >= 11 is 0. The molecule has 0 spiro atoms. The highest BCUT2D eigenvalue weighted by atomic mass is 32.2. The van der Waals surface area contributed by atoms with Crippen LogP contribution in [0, 0.1) is 63.1 Å². The van der Waals surface area contributed by atoms with E-state index in [1.807, 2.05) is 0 Å². The fraction of sp³-hybridized carbons (Fsp3) is 0.839. The maximum Gasteiger partial charge on any atom is 0.534 e. The third-order valence-electron chi connectivity index (χ3n) is 13.8. The van der Waals surface area contributed by atoms with E-state index in [0.717, 1.165) is 37.7 Å². The molecule has 40 heavy (non-hydrogen) atoms. The van der Waals surface area contributed by atoms with Crippen molar-refractivity contribution in [3.05, 3.63) is 24.0 Å². The number of aliphatic carboxylic acids is 1. The maximum atomic E-state index is 13.3. The van der Waals surface area contributed by atoms with E-state index in [4.69, 9.17) is 0 Å². The van der Waals surface area contributed by atoms with Crippen LogP contribution in [-0.2, 0) is 19.1 Å². The summed E-state index contributed by atoms with van der Waals surface area (Å²) in [6.45, 7) is 17.6. The van der Waals surface area contributed by atoms with E-state index >= 15 is 0 Å². The van der Waals surface area contributed by atoms with Gasteiger partial charge in [-0.2, -0.15) is 21.6 Å². The zero-order valence-electron chi connectivity index (χ0n) is 24.6. The Morgan fingerprint density at radius 2 is 1.50 bits per heavy atom. The molecule has 0 radical (unpaired) electrons. The zero-order valence-corrected chi connectivity index (χ0v) is 25.4. The summed E-state index contributed by atoms with van der Waals surface area (Å²) in [7, 11) is -5.66. The SMILES string of the molecule is C=C(C)C1(C)C2C3CCC4C5CC=C(OS(=O)(=O)C(F)(F)F)CC5CCC4C3CCC2(C(=O)O)C(C)(C)C1(C)C. The van der Waals surface area contributed by atoms with Crippen LogP contribution in [0.2, 0.25) is 0 Å². The molecule has 0 aromatic carbocycles. The lowest BCUT2D eigenvalue weighted by atomic mass is 9.43. The van der Waals surface area contributed by atoms with E-state index in [9.17, 15) is 31.5 Å². The molecule has 0 aromatic rings. The van der Waals surface area contributed by atoms with Crippen molar-refractivity contribution in [3.8, 4) is 0 Å². The summed E-state index contributed by atoms with van der Waals surface area (Å²) in [6.07, 6.45) is 7.52. The van der Waals surface area contributed by atoms with Gasteiger partial charge in [-0.15, -0.1) is 0 Å². The molecule has 0 aliphatic heterocycles. The van der Waals surface area contributed by atoms with Crippen LogP contribution in [0.4, 0.5) is 13.2 Å². The second kappa shape index (κ2) is 9.00. The number of allylic oxidation sites excluding steroid dienone is 3. The molecule has 4 fully saturated rings. The number of alkyl halides is 3. The Bertz CT molecular complexity index is 1230. The molecule has 4 saturated carbocycles. The third kappa shape index (κ3) is 3.63. The Labute approximate surface area is 237 Å². The number of rotatable bonds is 4. The summed E-state index contributed by atoms with van der Waals surface area (Å²) < 4.78 is 66.4. The normalized spacial score (nSPS) is 43.8. The predicted molar refractivity (Wildman–Crippen MR) is 146 cm³/mol. The van der Waals surface area contributed by atoms with Gasteiger partial charge in [0.15, 0.2) is 0 Å². The van der Waals surface area contributed by atoms with Crippen molar-refractivity contribution in [1.29, 1.82) is 0 Å². The van der Waals surface area contributed by atoms with E-state index in [-0.39, 0.29) is 46.7 Å². The molecule has 5 rings (SSSR count). The standard InChI is InChI=1S/C31H45F3O5S/c1-17(2)29(7)25-24-13-12-21-20-11-9-19(39-40(37,38)31(32,33)34)16-18(20)8-10-22(21)23(24)14-15-30(25,26(35)36)28(5,6)27(29,3)4/h9,18,20-25H,1,8,10-16H2,2-7H3,(H,35,36). The average Bonchev–Trinajstić information content (AvgIpc) is 2.96. The average molecular weight is 587 g/mol. The molecule has 5 aliphatic rings. The maximum absolute atomic E-state index is 13.3. The van der Waals surface area contributed by atoms with Crippen molar-refractivity contribution in [2.24, 2.45) is 63.1 Å². The molecule has 9 unspecified atom stereocenters. The number of hydrogen-bond donors (Lipinski definition) is 1. The summed E-state index contributed by atoms with van der Waals surface area (Å²) in [5.74, 6) is 1.16. The van der Waals surface area contributed by atoms with Crippen molar-refractivity contribution in [2.75, 3.05) is 0 Å². The van der Waals surface area contributed by atoms with Gasteiger partial charge in [0.2, 0.25) is 0 Å². The lowest BCUT2D eigenvalue weighted by Crippen LogP contribution is -2.57. The Morgan fingerprint density at radius 3 is 2.08 bits per heavy atom. The highest BCUT2D eigenvalue weighted by Gasteiger charge is 2.79. The van der Waals surface area contributed by atoms with Crippen LogP contribution in [0.5, 0.6) is 0 Å². The fourth-order valence-corrected chi connectivity index (χ4v) is 11.7. The molecular formula is C31H45F3O5S. The highest BCUT2D eigenvalue weighted by molar-refractivity contribution is 7.87. The van der Waals surface area contributed by atoms with Gasteiger partial charge in [0.1, 0.15) is 5.76 Å². The van der Waals surface area contributed by atoms with Gasteiger partial charge >= 0.3 is 21.6 Å². The predicted octanol–water partition coefficient (Wildman–Crippen LogP) is 7.94. The molecule has 0 saturated heterocycles. The van der Waals surface area contributed by atoms with Gasteiger partial charge in [0, 0.05) is 6.42 Å². The van der Waals surface area contributed by atoms with Crippen LogP contribution >= 0.6 is 0 Å². The first-order valence-electron chi connectivity index (χ1n) is 14.8. The van der Waals surface area contributed by atoms with Crippen LogP contribution in [0.1, 0.15) is 92.9 Å². The van der Waals surface area contributed by atoms with Crippen LogP contribution in [-0.4, -0.2) is 25.0 Å². The van der Waals surface area contributed by atoms with Crippen LogP contribution in [0.25, 0.3) is 0 Å². The molecule has 9 atom stereocenters. The van der Waals surface area contributed by atoms with Crippen molar-refractivity contribution in [2.45, 2.75) is 98.4 Å². The minimum atomic E-state index is -5.66. The van der Waals surface area contributed by atoms with E-state index < -0.39 is 32.4 Å². The monoisotopic (exact) mass is 586 g/mol. The summed E-state index contributed by atoms with van der Waals surface area (Å²) in [4.78, 5) is 13.3. The smallest absolute Gasteiger partial charge is 0.481 e. The van der Waals surface area contributed by atoms with Gasteiger partial charge in [-0.1, -0.05) is 46.8 Å². The summed E-state index contributed by atoms with van der Waals surface area (Å²) in [6, 6.07) is 0. The second-order valence-electron chi connectivity index (χ2n) is 14.9. The van der Waals surface area contributed by atoms with E-state index in [0.29, 0.717) is 30.6 Å². The number of fused-ring (bicyclic) bond motifs is 7. The first kappa shape index (κ1) is 30.0. The van der Waals surface area contributed by atoms with E-state index in [1.54, 1.807) is 6.08 Å². The molecule has 5 nitrogen and oxygen atoms in total. The molecule has 5 aliphatic carbocycles. The van der Waals surface area contributed by atoms with Crippen LogP contribution in [0.15, 0.2) is 24.0 Å². The van der Waals surface area contributed by atoms with E-state index in [1.165, 1.54) is 0 Å². The molecule has 0 aromatic heterocycles. The Hall–Kier alpha value is -1.51. The summed E-state index contributed by atoms with van der Waals surface area (Å²) in [5, 5.41) is 11.0. The molecule has 226 valence electrons. The molecule has 0 amide bonds. The zero-order chi connectivity index (χ0) is 29.8. The van der Waals surface area contributed by atoms with Gasteiger partial charge in [0.05, 0.1) is 5.41 Å². The largest absolute Gasteiger partial charge is 0.534 e.